The third-order valence-corrected chi connectivity index (χ3v) is 4.80. The third kappa shape index (κ3) is 6.02. The standard InChI is InChI=1S/C22H30N4O3/c1-5-25(6-2)21(17-10-8-7-9-11-17)15-23-19-13-12-18(14-20(19)26(28)29)22(27)24-16(3)4/h7-14,16,21,23H,5-6,15H2,1-4H3,(H,24,27). The van der Waals surface area contributed by atoms with Crippen LogP contribution in [0.25, 0.3) is 0 Å². The smallest absolute Gasteiger partial charge is 0.293 e. The lowest BCUT2D eigenvalue weighted by Gasteiger charge is -2.30. The number of amides is 1. The van der Waals surface area contributed by atoms with Crippen LogP contribution in [0.5, 0.6) is 0 Å². The van der Waals surface area contributed by atoms with Crippen molar-refractivity contribution in [2.24, 2.45) is 0 Å². The van der Waals surface area contributed by atoms with Crippen molar-refractivity contribution in [3.05, 3.63) is 69.8 Å². The van der Waals surface area contributed by atoms with Crippen LogP contribution in [0.1, 0.15) is 49.7 Å². The molecular formula is C22H30N4O3. The number of rotatable bonds is 10. The van der Waals surface area contributed by atoms with Crippen molar-refractivity contribution in [1.29, 1.82) is 0 Å². The summed E-state index contributed by atoms with van der Waals surface area (Å²) in [7, 11) is 0. The summed E-state index contributed by atoms with van der Waals surface area (Å²) in [6.45, 7) is 10.2. The summed E-state index contributed by atoms with van der Waals surface area (Å²) in [4.78, 5) is 25.7. The molecule has 0 aromatic heterocycles. The number of anilines is 1. The highest BCUT2D eigenvalue weighted by Gasteiger charge is 2.21. The van der Waals surface area contributed by atoms with Crippen LogP contribution in [-0.4, -0.2) is 41.4 Å². The Morgan fingerprint density at radius 3 is 2.31 bits per heavy atom. The second-order valence-electron chi connectivity index (χ2n) is 7.15. The molecule has 29 heavy (non-hydrogen) atoms. The molecule has 1 unspecified atom stereocenters. The van der Waals surface area contributed by atoms with Crippen molar-refractivity contribution in [2.75, 3.05) is 25.0 Å². The highest BCUT2D eigenvalue weighted by molar-refractivity contribution is 5.95. The lowest BCUT2D eigenvalue weighted by molar-refractivity contribution is -0.384. The molecule has 0 saturated heterocycles. The zero-order valence-corrected chi connectivity index (χ0v) is 17.5. The zero-order valence-electron chi connectivity index (χ0n) is 17.5. The Balaban J connectivity index is 2.26. The molecule has 2 rings (SSSR count). The Bertz CT molecular complexity index is 820. The van der Waals surface area contributed by atoms with E-state index >= 15 is 0 Å². The molecule has 0 bridgehead atoms. The van der Waals surface area contributed by atoms with E-state index in [1.54, 1.807) is 12.1 Å². The van der Waals surface area contributed by atoms with E-state index in [9.17, 15) is 14.9 Å². The molecule has 0 aliphatic heterocycles. The van der Waals surface area contributed by atoms with Crippen LogP contribution in [0.15, 0.2) is 48.5 Å². The van der Waals surface area contributed by atoms with E-state index < -0.39 is 4.92 Å². The van der Waals surface area contributed by atoms with Crippen molar-refractivity contribution in [1.82, 2.24) is 10.2 Å². The van der Waals surface area contributed by atoms with Gasteiger partial charge in [-0.1, -0.05) is 44.2 Å². The number of benzene rings is 2. The number of nitrogens with one attached hydrogen (secondary N) is 2. The summed E-state index contributed by atoms with van der Waals surface area (Å²) in [5.74, 6) is -0.319. The van der Waals surface area contributed by atoms with Gasteiger partial charge in [0.15, 0.2) is 0 Å². The van der Waals surface area contributed by atoms with Crippen LogP contribution in [0.3, 0.4) is 0 Å². The largest absolute Gasteiger partial charge is 0.378 e. The number of hydrogen-bond acceptors (Lipinski definition) is 5. The number of carbonyl (C=O) groups is 1. The lowest BCUT2D eigenvalue weighted by atomic mass is 10.0. The zero-order chi connectivity index (χ0) is 21.4. The topological polar surface area (TPSA) is 87.5 Å². The van der Waals surface area contributed by atoms with Gasteiger partial charge in [-0.2, -0.15) is 0 Å². The van der Waals surface area contributed by atoms with Crippen LogP contribution in [0, 0.1) is 10.1 Å². The second kappa shape index (κ2) is 10.6. The molecular weight excluding hydrogens is 368 g/mol. The Hall–Kier alpha value is -2.93. The molecule has 0 radical (unpaired) electrons. The number of carbonyl (C=O) groups excluding carboxylic acids is 1. The maximum atomic E-state index is 12.2. The van der Waals surface area contributed by atoms with Gasteiger partial charge in [0.25, 0.3) is 11.6 Å². The van der Waals surface area contributed by atoms with E-state index in [0.717, 1.165) is 18.7 Å². The molecule has 2 aromatic carbocycles. The number of nitro benzene ring substituents is 1. The Labute approximate surface area is 172 Å². The van der Waals surface area contributed by atoms with E-state index in [1.807, 2.05) is 32.0 Å². The maximum absolute atomic E-state index is 12.2. The minimum Gasteiger partial charge on any atom is -0.378 e. The fourth-order valence-corrected chi connectivity index (χ4v) is 3.32. The van der Waals surface area contributed by atoms with Crippen molar-refractivity contribution in [3.8, 4) is 0 Å². The van der Waals surface area contributed by atoms with Gasteiger partial charge in [0.2, 0.25) is 0 Å². The molecule has 1 amide bonds. The highest BCUT2D eigenvalue weighted by Crippen LogP contribution is 2.28. The van der Waals surface area contributed by atoms with Crippen molar-refractivity contribution in [3.63, 3.8) is 0 Å². The van der Waals surface area contributed by atoms with Gasteiger partial charge in [0.05, 0.1) is 11.0 Å². The molecule has 1 atom stereocenters. The summed E-state index contributed by atoms with van der Waals surface area (Å²) in [5.41, 5.74) is 1.73. The molecule has 2 aromatic rings. The molecule has 7 nitrogen and oxygen atoms in total. The van der Waals surface area contributed by atoms with Gasteiger partial charge >= 0.3 is 0 Å². The Kier molecular flexibility index (Phi) is 8.15. The quantitative estimate of drug-likeness (QED) is 0.462. The van der Waals surface area contributed by atoms with Crippen LogP contribution in [0.4, 0.5) is 11.4 Å². The average molecular weight is 399 g/mol. The minimum atomic E-state index is -0.455. The van der Waals surface area contributed by atoms with E-state index in [2.05, 4.69) is 41.5 Å². The van der Waals surface area contributed by atoms with Gasteiger partial charge < -0.3 is 10.6 Å². The number of nitro groups is 1. The molecule has 0 spiro atoms. The van der Waals surface area contributed by atoms with Gasteiger partial charge in [-0.3, -0.25) is 19.8 Å². The van der Waals surface area contributed by atoms with Gasteiger partial charge in [-0.05, 0) is 44.6 Å². The van der Waals surface area contributed by atoms with E-state index in [0.29, 0.717) is 12.2 Å². The summed E-state index contributed by atoms with van der Waals surface area (Å²) < 4.78 is 0. The van der Waals surface area contributed by atoms with Gasteiger partial charge in [-0.25, -0.2) is 0 Å². The summed E-state index contributed by atoms with van der Waals surface area (Å²) >= 11 is 0. The molecule has 0 heterocycles. The second-order valence-corrected chi connectivity index (χ2v) is 7.15. The monoisotopic (exact) mass is 398 g/mol. The van der Waals surface area contributed by atoms with Crippen LogP contribution in [-0.2, 0) is 0 Å². The van der Waals surface area contributed by atoms with Crippen molar-refractivity contribution >= 4 is 17.3 Å². The van der Waals surface area contributed by atoms with Gasteiger partial charge in [-0.15, -0.1) is 0 Å². The number of hydrogen-bond donors (Lipinski definition) is 2. The Morgan fingerprint density at radius 1 is 1.10 bits per heavy atom. The Morgan fingerprint density at radius 2 is 1.76 bits per heavy atom. The van der Waals surface area contributed by atoms with Crippen LogP contribution in [0.2, 0.25) is 0 Å². The number of nitrogens with zero attached hydrogens (tertiary/aromatic N) is 2. The first kappa shape index (κ1) is 22.4. The van der Waals surface area contributed by atoms with E-state index in [4.69, 9.17) is 0 Å². The predicted octanol–water partition coefficient (Wildman–Crippen LogP) is 4.23. The minimum absolute atomic E-state index is 0.0416. The van der Waals surface area contributed by atoms with Crippen molar-refractivity contribution in [2.45, 2.75) is 39.8 Å². The maximum Gasteiger partial charge on any atom is 0.293 e. The van der Waals surface area contributed by atoms with E-state index in [1.165, 1.54) is 6.07 Å². The lowest BCUT2D eigenvalue weighted by Crippen LogP contribution is -2.33. The first-order valence-electron chi connectivity index (χ1n) is 9.99. The molecule has 156 valence electrons. The van der Waals surface area contributed by atoms with Crippen LogP contribution < -0.4 is 10.6 Å². The fourth-order valence-electron chi connectivity index (χ4n) is 3.32. The molecule has 0 aliphatic carbocycles. The predicted molar refractivity (Wildman–Crippen MR) is 116 cm³/mol. The van der Waals surface area contributed by atoms with E-state index in [-0.39, 0.29) is 29.2 Å². The summed E-state index contributed by atoms with van der Waals surface area (Å²) in [6, 6.07) is 14.7. The first-order chi connectivity index (χ1) is 13.9. The molecule has 0 fully saturated rings. The highest BCUT2D eigenvalue weighted by atomic mass is 16.6. The average Bonchev–Trinajstić information content (AvgIpc) is 2.71. The number of likely N-dealkylation sites (N-methyl/N-ethyl adjacent to an activating group) is 1. The molecule has 0 aliphatic rings. The molecule has 0 saturated carbocycles. The SMILES string of the molecule is CCN(CC)C(CNc1ccc(C(=O)NC(C)C)cc1[N+](=O)[O-])c1ccccc1. The van der Waals surface area contributed by atoms with Gasteiger partial charge in [0, 0.05) is 24.2 Å². The van der Waals surface area contributed by atoms with Gasteiger partial charge in [0.1, 0.15) is 5.69 Å². The third-order valence-electron chi connectivity index (χ3n) is 4.80. The van der Waals surface area contributed by atoms with Crippen molar-refractivity contribution < 1.29 is 9.72 Å². The molecule has 2 N–H and O–H groups in total. The molecule has 7 heteroatoms. The fraction of sp³-hybridized carbons (Fsp3) is 0.409. The normalized spacial score (nSPS) is 12.1. The van der Waals surface area contributed by atoms with Crippen LogP contribution >= 0.6 is 0 Å². The summed E-state index contributed by atoms with van der Waals surface area (Å²) in [5, 5.41) is 17.6. The summed E-state index contributed by atoms with van der Waals surface area (Å²) in [6.07, 6.45) is 0. The first-order valence-corrected chi connectivity index (χ1v) is 9.99.